The summed E-state index contributed by atoms with van der Waals surface area (Å²) < 4.78 is 10.4. The first kappa shape index (κ1) is 17.1. The van der Waals surface area contributed by atoms with Crippen molar-refractivity contribution in [2.24, 2.45) is 10.2 Å². The Morgan fingerprint density at radius 2 is 1.37 bits per heavy atom. The molecule has 0 atom stereocenters. The molecule has 1 heterocycles. The van der Waals surface area contributed by atoms with Gasteiger partial charge in [-0.2, -0.15) is 5.11 Å². The summed E-state index contributed by atoms with van der Waals surface area (Å²) in [5.41, 5.74) is 2.34. The SMILES string of the molecule is CCOC(=O)C1=C(C(=O)OCC)C2(N=N1)c1ccccc1-c1ccccc12. The van der Waals surface area contributed by atoms with E-state index in [-0.39, 0.29) is 24.5 Å². The molecule has 0 radical (unpaired) electrons. The van der Waals surface area contributed by atoms with Gasteiger partial charge in [-0.3, -0.25) is 0 Å². The minimum absolute atomic E-state index is 0.0955. The Balaban J connectivity index is 2.03. The normalized spacial score (nSPS) is 15.6. The van der Waals surface area contributed by atoms with Crippen LogP contribution in [0.5, 0.6) is 0 Å². The molecule has 0 saturated carbocycles. The molecule has 0 saturated heterocycles. The molecule has 2 aromatic carbocycles. The molecule has 0 unspecified atom stereocenters. The molecule has 1 aliphatic carbocycles. The maximum absolute atomic E-state index is 12.9. The quantitative estimate of drug-likeness (QED) is 0.776. The summed E-state index contributed by atoms with van der Waals surface area (Å²) in [6, 6.07) is 15.4. The van der Waals surface area contributed by atoms with Gasteiger partial charge in [0.2, 0.25) is 0 Å². The zero-order valence-electron chi connectivity index (χ0n) is 15.1. The highest BCUT2D eigenvalue weighted by Crippen LogP contribution is 2.56. The number of hydrogen-bond acceptors (Lipinski definition) is 6. The van der Waals surface area contributed by atoms with Crippen LogP contribution in [0.15, 0.2) is 70.0 Å². The van der Waals surface area contributed by atoms with Crippen LogP contribution < -0.4 is 0 Å². The third-order valence-electron chi connectivity index (χ3n) is 4.77. The van der Waals surface area contributed by atoms with E-state index >= 15 is 0 Å². The molecule has 0 aromatic heterocycles. The molecule has 0 N–H and O–H groups in total. The van der Waals surface area contributed by atoms with Crippen molar-refractivity contribution in [3.05, 3.63) is 70.9 Å². The van der Waals surface area contributed by atoms with Gasteiger partial charge in [-0.15, -0.1) is 5.11 Å². The third-order valence-corrected chi connectivity index (χ3v) is 4.77. The Labute approximate surface area is 156 Å². The van der Waals surface area contributed by atoms with Crippen molar-refractivity contribution in [2.75, 3.05) is 13.2 Å². The molecule has 27 heavy (non-hydrogen) atoms. The number of esters is 2. The zero-order valence-corrected chi connectivity index (χ0v) is 15.1. The Morgan fingerprint density at radius 1 is 0.852 bits per heavy atom. The van der Waals surface area contributed by atoms with Crippen LogP contribution in [0.25, 0.3) is 11.1 Å². The van der Waals surface area contributed by atoms with Crippen molar-refractivity contribution in [2.45, 2.75) is 19.4 Å². The van der Waals surface area contributed by atoms with E-state index in [0.717, 1.165) is 22.3 Å². The first-order chi connectivity index (χ1) is 13.1. The maximum atomic E-state index is 12.9. The lowest BCUT2D eigenvalue weighted by molar-refractivity contribution is -0.142. The summed E-state index contributed by atoms with van der Waals surface area (Å²) in [4.78, 5) is 25.4. The van der Waals surface area contributed by atoms with Gasteiger partial charge in [0, 0.05) is 0 Å². The lowest BCUT2D eigenvalue weighted by atomic mass is 9.80. The smallest absolute Gasteiger partial charge is 0.359 e. The van der Waals surface area contributed by atoms with E-state index < -0.39 is 17.5 Å². The summed E-state index contributed by atoms with van der Waals surface area (Å²) in [5, 5.41) is 8.57. The van der Waals surface area contributed by atoms with E-state index in [9.17, 15) is 9.59 Å². The second-order valence-corrected chi connectivity index (χ2v) is 6.17. The van der Waals surface area contributed by atoms with E-state index in [0.29, 0.717) is 0 Å². The number of ether oxygens (including phenoxy) is 2. The van der Waals surface area contributed by atoms with Crippen LogP contribution >= 0.6 is 0 Å². The van der Waals surface area contributed by atoms with Crippen LogP contribution in [0, 0.1) is 0 Å². The number of azo groups is 1. The predicted octanol–water partition coefficient (Wildman–Crippen LogP) is 3.76. The van der Waals surface area contributed by atoms with Gasteiger partial charge in [0.05, 0.1) is 13.2 Å². The molecule has 0 amide bonds. The lowest BCUT2D eigenvalue weighted by Crippen LogP contribution is -2.30. The van der Waals surface area contributed by atoms with E-state index in [1.165, 1.54) is 0 Å². The van der Waals surface area contributed by atoms with Crippen LogP contribution in [0.1, 0.15) is 25.0 Å². The van der Waals surface area contributed by atoms with Gasteiger partial charge in [0.15, 0.2) is 11.2 Å². The molecule has 2 aliphatic rings. The van der Waals surface area contributed by atoms with Crippen LogP contribution in [0.3, 0.4) is 0 Å². The van der Waals surface area contributed by atoms with Gasteiger partial charge in [0.1, 0.15) is 5.57 Å². The fraction of sp³-hybridized carbons (Fsp3) is 0.238. The number of benzene rings is 2. The van der Waals surface area contributed by atoms with Crippen molar-refractivity contribution in [3.8, 4) is 11.1 Å². The van der Waals surface area contributed by atoms with Gasteiger partial charge in [-0.1, -0.05) is 48.5 Å². The second-order valence-electron chi connectivity index (χ2n) is 6.17. The van der Waals surface area contributed by atoms with Gasteiger partial charge in [0.25, 0.3) is 0 Å². The summed E-state index contributed by atoms with van der Waals surface area (Å²) in [6.45, 7) is 3.77. The summed E-state index contributed by atoms with van der Waals surface area (Å²) in [7, 11) is 0. The van der Waals surface area contributed by atoms with Crippen LogP contribution in [0.2, 0.25) is 0 Å². The van der Waals surface area contributed by atoms with Gasteiger partial charge >= 0.3 is 11.9 Å². The highest BCUT2D eigenvalue weighted by Gasteiger charge is 2.55. The molecule has 1 spiro atoms. The lowest BCUT2D eigenvalue weighted by Gasteiger charge is -2.24. The average molecular weight is 362 g/mol. The van der Waals surface area contributed by atoms with E-state index in [4.69, 9.17) is 9.47 Å². The van der Waals surface area contributed by atoms with E-state index in [2.05, 4.69) is 10.2 Å². The van der Waals surface area contributed by atoms with Crippen LogP contribution in [0.4, 0.5) is 0 Å². The Bertz CT molecular complexity index is 961. The number of carbonyl (C=O) groups is 2. The molecule has 0 bridgehead atoms. The van der Waals surface area contributed by atoms with Crippen molar-refractivity contribution in [1.29, 1.82) is 0 Å². The Kier molecular flexibility index (Phi) is 4.11. The molecule has 136 valence electrons. The largest absolute Gasteiger partial charge is 0.462 e. The number of hydrogen-bond donors (Lipinski definition) is 0. The second kappa shape index (κ2) is 6.46. The van der Waals surface area contributed by atoms with E-state index in [1.807, 2.05) is 48.5 Å². The first-order valence-corrected chi connectivity index (χ1v) is 8.86. The van der Waals surface area contributed by atoms with Gasteiger partial charge < -0.3 is 9.47 Å². The molecule has 2 aromatic rings. The van der Waals surface area contributed by atoms with Crippen molar-refractivity contribution in [1.82, 2.24) is 0 Å². The Hall–Kier alpha value is -3.28. The Morgan fingerprint density at radius 3 is 1.93 bits per heavy atom. The minimum atomic E-state index is -1.19. The molecular weight excluding hydrogens is 344 g/mol. The summed E-state index contributed by atoms with van der Waals surface area (Å²) in [5.74, 6) is -1.29. The van der Waals surface area contributed by atoms with Gasteiger partial charge in [-0.25, -0.2) is 9.59 Å². The molecular formula is C21H18N2O4. The van der Waals surface area contributed by atoms with Crippen LogP contribution in [-0.2, 0) is 24.6 Å². The molecule has 4 rings (SSSR count). The fourth-order valence-corrected chi connectivity index (χ4v) is 3.78. The number of nitrogens with zero attached hydrogens (tertiary/aromatic N) is 2. The zero-order chi connectivity index (χ0) is 19.0. The van der Waals surface area contributed by atoms with Gasteiger partial charge in [-0.05, 0) is 36.1 Å². The molecule has 6 heteroatoms. The van der Waals surface area contributed by atoms with Crippen LogP contribution in [-0.4, -0.2) is 25.2 Å². The molecule has 0 fully saturated rings. The summed E-state index contributed by atoms with van der Waals surface area (Å²) >= 11 is 0. The number of rotatable bonds is 4. The van der Waals surface area contributed by atoms with Crippen molar-refractivity contribution in [3.63, 3.8) is 0 Å². The summed E-state index contributed by atoms with van der Waals surface area (Å²) in [6.07, 6.45) is 0. The topological polar surface area (TPSA) is 77.3 Å². The molecule has 1 aliphatic heterocycles. The maximum Gasteiger partial charge on any atom is 0.359 e. The first-order valence-electron chi connectivity index (χ1n) is 8.86. The predicted molar refractivity (Wildman–Crippen MR) is 97.8 cm³/mol. The van der Waals surface area contributed by atoms with E-state index in [1.54, 1.807) is 13.8 Å². The standard InChI is InChI=1S/C21H18N2O4/c1-3-26-19(24)17-18(20(25)27-4-2)22-23-21(17)15-11-7-5-9-13(15)14-10-6-8-12-16(14)21/h5-12H,3-4H2,1-2H3. The van der Waals surface area contributed by atoms with Crippen molar-refractivity contribution >= 4 is 11.9 Å². The highest BCUT2D eigenvalue weighted by molar-refractivity contribution is 6.05. The minimum Gasteiger partial charge on any atom is -0.462 e. The molecule has 6 nitrogen and oxygen atoms in total. The average Bonchev–Trinajstić information content (AvgIpc) is 3.22. The monoisotopic (exact) mass is 362 g/mol. The fourth-order valence-electron chi connectivity index (χ4n) is 3.78. The number of fused-ring (bicyclic) bond motifs is 5. The third kappa shape index (κ3) is 2.33. The highest BCUT2D eigenvalue weighted by atomic mass is 16.5. The number of carbonyl (C=O) groups excluding carboxylic acids is 2. The van der Waals surface area contributed by atoms with Crippen molar-refractivity contribution < 1.29 is 19.1 Å².